The molecule has 0 aromatic heterocycles. The molecule has 0 saturated carbocycles. The van der Waals surface area contributed by atoms with Gasteiger partial charge in [-0.15, -0.1) is 0 Å². The van der Waals surface area contributed by atoms with Gasteiger partial charge in [0.25, 0.3) is 5.91 Å². The Morgan fingerprint density at radius 2 is 1.68 bits per heavy atom. The first kappa shape index (κ1) is 21.3. The molecule has 0 spiro atoms. The summed E-state index contributed by atoms with van der Waals surface area (Å²) in [5.41, 5.74) is 0.335. The van der Waals surface area contributed by atoms with E-state index in [2.05, 4.69) is 5.32 Å². The Morgan fingerprint density at radius 3 is 2.29 bits per heavy atom. The van der Waals surface area contributed by atoms with Crippen molar-refractivity contribution in [2.24, 2.45) is 0 Å². The van der Waals surface area contributed by atoms with Crippen LogP contribution < -0.4 is 10.1 Å². The quantitative estimate of drug-likeness (QED) is 0.664. The van der Waals surface area contributed by atoms with Crippen molar-refractivity contribution in [3.05, 3.63) is 54.3 Å². The van der Waals surface area contributed by atoms with Gasteiger partial charge in [-0.3, -0.25) is 4.79 Å². The zero-order valence-corrected chi connectivity index (χ0v) is 16.0. The van der Waals surface area contributed by atoms with E-state index in [0.29, 0.717) is 5.69 Å². The van der Waals surface area contributed by atoms with Crippen molar-refractivity contribution in [2.75, 3.05) is 32.6 Å². The zero-order chi connectivity index (χ0) is 20.7. The van der Waals surface area contributed by atoms with Crippen molar-refractivity contribution >= 4 is 27.6 Å². The minimum absolute atomic E-state index is 0.0761. The zero-order valence-electron chi connectivity index (χ0n) is 15.2. The first-order valence-electron chi connectivity index (χ1n) is 8.05. The van der Waals surface area contributed by atoms with Gasteiger partial charge in [0.1, 0.15) is 0 Å². The van der Waals surface area contributed by atoms with Gasteiger partial charge in [0.2, 0.25) is 10.0 Å². The second kappa shape index (κ2) is 9.29. The molecule has 2 rings (SSSR count). The summed E-state index contributed by atoms with van der Waals surface area (Å²) >= 11 is 0. The largest absolute Gasteiger partial charge is 0.479 e. The van der Waals surface area contributed by atoms with E-state index in [-0.39, 0.29) is 10.6 Å². The summed E-state index contributed by atoms with van der Waals surface area (Å²) in [6, 6.07) is 11.1. The van der Waals surface area contributed by atoms with Crippen molar-refractivity contribution in [3.63, 3.8) is 0 Å². The molecule has 0 heterocycles. The number of sulfonamides is 1. The molecule has 0 radical (unpaired) electrons. The van der Waals surface area contributed by atoms with E-state index >= 15 is 0 Å². The summed E-state index contributed by atoms with van der Waals surface area (Å²) in [7, 11) is -0.741. The second-order valence-electron chi connectivity index (χ2n) is 5.74. The van der Waals surface area contributed by atoms with Gasteiger partial charge in [-0.1, -0.05) is 12.1 Å². The van der Waals surface area contributed by atoms with Crippen molar-refractivity contribution in [1.82, 2.24) is 4.31 Å². The monoisotopic (exact) mass is 410 g/mol. The number of benzene rings is 2. The fourth-order valence-corrected chi connectivity index (χ4v) is 2.91. The first-order valence-corrected chi connectivity index (χ1v) is 9.49. The average molecular weight is 410 g/mol. The minimum Gasteiger partial charge on any atom is -0.479 e. The standard InChI is InChI=1S/C18H19FN2O6S/c1-21(2)28(24,25)14-9-7-13(8-10-14)20-17(22)11-27-18(23)12-26-16-6-4-3-5-15(16)19/h3-10H,11-12H2,1-2H3,(H,20,22). The maximum absolute atomic E-state index is 13.4. The van der Waals surface area contributed by atoms with Crippen LogP contribution in [0, 0.1) is 5.82 Å². The summed E-state index contributed by atoms with van der Waals surface area (Å²) in [5.74, 6) is -2.18. The van der Waals surface area contributed by atoms with Gasteiger partial charge in [-0.25, -0.2) is 21.9 Å². The Balaban J connectivity index is 1.81. The van der Waals surface area contributed by atoms with Gasteiger partial charge in [0.15, 0.2) is 24.8 Å². The maximum Gasteiger partial charge on any atom is 0.344 e. The van der Waals surface area contributed by atoms with Gasteiger partial charge in [0, 0.05) is 19.8 Å². The molecule has 0 unspecified atom stereocenters. The number of ether oxygens (including phenoxy) is 2. The molecular weight excluding hydrogens is 391 g/mol. The van der Waals surface area contributed by atoms with Crippen LogP contribution in [0.1, 0.15) is 0 Å². The molecule has 0 fully saturated rings. The van der Waals surface area contributed by atoms with Crippen molar-refractivity contribution < 1.29 is 31.9 Å². The number of hydrogen-bond donors (Lipinski definition) is 1. The van der Waals surface area contributed by atoms with E-state index in [1.54, 1.807) is 6.07 Å². The van der Waals surface area contributed by atoms with E-state index in [0.717, 1.165) is 4.31 Å². The topological polar surface area (TPSA) is 102 Å². The van der Waals surface area contributed by atoms with E-state index < -0.39 is 40.9 Å². The van der Waals surface area contributed by atoms with Crippen molar-refractivity contribution in [3.8, 4) is 5.75 Å². The van der Waals surface area contributed by atoms with Gasteiger partial charge >= 0.3 is 5.97 Å². The summed E-state index contributed by atoms with van der Waals surface area (Å²) in [6.07, 6.45) is 0. The van der Waals surface area contributed by atoms with Crippen molar-refractivity contribution in [1.29, 1.82) is 0 Å². The fraction of sp³-hybridized carbons (Fsp3) is 0.222. The number of nitrogens with zero attached hydrogens (tertiary/aromatic N) is 1. The van der Waals surface area contributed by atoms with Gasteiger partial charge in [-0.2, -0.15) is 0 Å². The second-order valence-corrected chi connectivity index (χ2v) is 7.89. The molecule has 28 heavy (non-hydrogen) atoms. The third-order valence-electron chi connectivity index (χ3n) is 3.46. The molecule has 10 heteroatoms. The smallest absolute Gasteiger partial charge is 0.344 e. The molecule has 1 N–H and O–H groups in total. The van der Waals surface area contributed by atoms with Crippen LogP contribution in [0.5, 0.6) is 5.75 Å². The van der Waals surface area contributed by atoms with E-state index in [4.69, 9.17) is 9.47 Å². The molecule has 0 saturated heterocycles. The number of rotatable bonds is 8. The molecule has 1 amide bonds. The van der Waals surface area contributed by atoms with Crippen LogP contribution in [0.4, 0.5) is 10.1 Å². The summed E-state index contributed by atoms with van der Waals surface area (Å²) in [5, 5.41) is 2.46. The average Bonchev–Trinajstić information content (AvgIpc) is 2.66. The van der Waals surface area contributed by atoms with Gasteiger partial charge < -0.3 is 14.8 Å². The van der Waals surface area contributed by atoms with E-state index in [1.807, 2.05) is 0 Å². The Morgan fingerprint density at radius 1 is 1.04 bits per heavy atom. The van der Waals surface area contributed by atoms with Crippen molar-refractivity contribution in [2.45, 2.75) is 4.90 Å². The third kappa shape index (κ3) is 5.76. The first-order chi connectivity index (χ1) is 13.2. The number of para-hydroxylation sites is 1. The molecule has 0 aliphatic heterocycles. The highest BCUT2D eigenvalue weighted by Crippen LogP contribution is 2.17. The summed E-state index contributed by atoms with van der Waals surface area (Å²) in [6.45, 7) is -1.12. The lowest BCUT2D eigenvalue weighted by molar-refractivity contribution is -0.149. The van der Waals surface area contributed by atoms with E-state index in [1.165, 1.54) is 56.6 Å². The highest BCUT2D eigenvalue weighted by atomic mass is 32.2. The number of carbonyl (C=O) groups is 2. The molecule has 2 aromatic carbocycles. The normalized spacial score (nSPS) is 11.1. The number of anilines is 1. The molecule has 0 atom stereocenters. The number of hydrogen-bond acceptors (Lipinski definition) is 6. The van der Waals surface area contributed by atoms with Crippen LogP contribution in [0.2, 0.25) is 0 Å². The Labute approximate surface area is 161 Å². The summed E-state index contributed by atoms with van der Waals surface area (Å²) < 4.78 is 48.1. The molecule has 0 aliphatic carbocycles. The molecule has 8 nitrogen and oxygen atoms in total. The number of esters is 1. The summed E-state index contributed by atoms with van der Waals surface area (Å²) in [4.78, 5) is 23.5. The highest BCUT2D eigenvalue weighted by molar-refractivity contribution is 7.89. The van der Waals surface area contributed by atoms with Crippen LogP contribution >= 0.6 is 0 Å². The number of halogens is 1. The lowest BCUT2D eigenvalue weighted by Gasteiger charge is -2.12. The van der Waals surface area contributed by atoms with Gasteiger partial charge in [0.05, 0.1) is 4.90 Å². The van der Waals surface area contributed by atoms with Crippen LogP contribution in [-0.4, -0.2) is 51.9 Å². The van der Waals surface area contributed by atoms with Crippen LogP contribution in [0.3, 0.4) is 0 Å². The predicted molar refractivity (Wildman–Crippen MR) is 98.8 cm³/mol. The van der Waals surface area contributed by atoms with Gasteiger partial charge in [-0.05, 0) is 36.4 Å². The Hall–Kier alpha value is -2.98. The maximum atomic E-state index is 13.4. The lowest BCUT2D eigenvalue weighted by Crippen LogP contribution is -2.24. The predicted octanol–water partition coefficient (Wildman–Crippen LogP) is 1.64. The highest BCUT2D eigenvalue weighted by Gasteiger charge is 2.17. The number of amides is 1. The van der Waals surface area contributed by atoms with Crippen LogP contribution in [-0.2, 0) is 24.3 Å². The molecule has 0 bridgehead atoms. The third-order valence-corrected chi connectivity index (χ3v) is 5.29. The lowest BCUT2D eigenvalue weighted by atomic mass is 10.3. The van der Waals surface area contributed by atoms with Crippen LogP contribution in [0.25, 0.3) is 0 Å². The SMILES string of the molecule is CN(C)S(=O)(=O)c1ccc(NC(=O)COC(=O)COc2ccccc2F)cc1. The minimum atomic E-state index is -3.57. The molecular formula is C18H19FN2O6S. The van der Waals surface area contributed by atoms with Crippen LogP contribution in [0.15, 0.2) is 53.4 Å². The molecule has 0 aliphatic rings. The Kier molecular flexibility index (Phi) is 7.07. The number of carbonyl (C=O) groups excluding carboxylic acids is 2. The number of nitrogens with one attached hydrogen (secondary N) is 1. The molecule has 2 aromatic rings. The van der Waals surface area contributed by atoms with E-state index in [9.17, 15) is 22.4 Å². The Bertz CT molecular complexity index is 945. The molecule has 150 valence electrons. The fourth-order valence-electron chi connectivity index (χ4n) is 2.00.